The van der Waals surface area contributed by atoms with Crippen LogP contribution in [-0.4, -0.2) is 34.6 Å². The molecule has 0 bridgehead atoms. The minimum absolute atomic E-state index is 0.0452. The molecular formula is C22H25N3O3. The molecule has 1 amide bonds. The van der Waals surface area contributed by atoms with E-state index in [1.54, 1.807) is 7.05 Å². The summed E-state index contributed by atoms with van der Waals surface area (Å²) >= 11 is 0. The van der Waals surface area contributed by atoms with Gasteiger partial charge in [-0.1, -0.05) is 61.0 Å². The summed E-state index contributed by atoms with van der Waals surface area (Å²) in [5.74, 6) is 1.86. The lowest BCUT2D eigenvalue weighted by Gasteiger charge is -2.15. The number of nitrogens with zero attached hydrogens (tertiary/aromatic N) is 3. The van der Waals surface area contributed by atoms with E-state index in [0.717, 1.165) is 11.1 Å². The van der Waals surface area contributed by atoms with Gasteiger partial charge in [0.1, 0.15) is 5.75 Å². The van der Waals surface area contributed by atoms with Crippen molar-refractivity contribution in [2.24, 2.45) is 0 Å². The molecule has 0 aliphatic rings. The minimum atomic E-state index is -0.164. The minimum Gasteiger partial charge on any atom is -0.484 e. The monoisotopic (exact) mass is 379 g/mol. The van der Waals surface area contributed by atoms with Gasteiger partial charge in [0, 0.05) is 12.6 Å². The van der Waals surface area contributed by atoms with Crippen LogP contribution >= 0.6 is 0 Å². The Hall–Kier alpha value is -3.15. The van der Waals surface area contributed by atoms with Crippen LogP contribution in [0.25, 0.3) is 11.4 Å². The first kappa shape index (κ1) is 19.6. The van der Waals surface area contributed by atoms with E-state index in [1.165, 1.54) is 10.5 Å². The molecular weight excluding hydrogens is 354 g/mol. The zero-order chi connectivity index (χ0) is 20.1. The van der Waals surface area contributed by atoms with Crippen molar-refractivity contribution in [2.75, 3.05) is 13.7 Å². The van der Waals surface area contributed by atoms with E-state index in [9.17, 15) is 4.79 Å². The number of rotatable bonds is 7. The molecule has 0 fully saturated rings. The lowest BCUT2D eigenvalue weighted by atomic mass is 10.0. The van der Waals surface area contributed by atoms with Crippen LogP contribution in [0.1, 0.15) is 36.8 Å². The molecule has 0 aliphatic carbocycles. The SMILES string of the molecule is Cc1ccc(-c2noc(CN(C)C(=O)COc3ccc(C(C)C)cc3)n2)cc1. The third-order valence-corrected chi connectivity index (χ3v) is 4.49. The Morgan fingerprint density at radius 1 is 1.11 bits per heavy atom. The number of hydrogen-bond acceptors (Lipinski definition) is 5. The molecule has 0 N–H and O–H groups in total. The van der Waals surface area contributed by atoms with Gasteiger partial charge in [0.15, 0.2) is 6.61 Å². The fourth-order valence-corrected chi connectivity index (χ4v) is 2.63. The van der Waals surface area contributed by atoms with Gasteiger partial charge in [-0.3, -0.25) is 4.79 Å². The van der Waals surface area contributed by atoms with E-state index in [4.69, 9.17) is 9.26 Å². The maximum absolute atomic E-state index is 12.3. The second-order valence-corrected chi connectivity index (χ2v) is 7.14. The predicted molar refractivity (Wildman–Crippen MR) is 107 cm³/mol. The highest BCUT2D eigenvalue weighted by molar-refractivity contribution is 5.77. The summed E-state index contributed by atoms with van der Waals surface area (Å²) in [6.07, 6.45) is 0. The molecule has 1 heterocycles. The number of carbonyl (C=O) groups is 1. The first-order valence-electron chi connectivity index (χ1n) is 9.28. The molecule has 2 aromatic carbocycles. The van der Waals surface area contributed by atoms with Crippen molar-refractivity contribution in [2.45, 2.75) is 33.2 Å². The Kier molecular flexibility index (Phi) is 6.09. The molecule has 1 aromatic heterocycles. The molecule has 0 atom stereocenters. The number of aromatic nitrogens is 2. The molecule has 3 aromatic rings. The highest BCUT2D eigenvalue weighted by Gasteiger charge is 2.15. The number of likely N-dealkylation sites (N-methyl/N-ethyl adjacent to an activating group) is 1. The average molecular weight is 379 g/mol. The van der Waals surface area contributed by atoms with Crippen LogP contribution in [0.4, 0.5) is 0 Å². The van der Waals surface area contributed by atoms with Crippen molar-refractivity contribution in [1.29, 1.82) is 0 Å². The lowest BCUT2D eigenvalue weighted by Crippen LogP contribution is -2.31. The zero-order valence-electron chi connectivity index (χ0n) is 16.7. The molecule has 0 aliphatic heterocycles. The number of carbonyl (C=O) groups excluding carboxylic acids is 1. The van der Waals surface area contributed by atoms with Crippen molar-refractivity contribution < 1.29 is 14.1 Å². The third-order valence-electron chi connectivity index (χ3n) is 4.49. The van der Waals surface area contributed by atoms with Crippen LogP contribution in [0.15, 0.2) is 53.1 Å². The van der Waals surface area contributed by atoms with Crippen LogP contribution < -0.4 is 4.74 Å². The van der Waals surface area contributed by atoms with Gasteiger partial charge >= 0.3 is 0 Å². The first-order valence-corrected chi connectivity index (χ1v) is 9.28. The number of benzene rings is 2. The molecule has 0 saturated carbocycles. The molecule has 0 radical (unpaired) electrons. The van der Waals surface area contributed by atoms with Gasteiger partial charge in [0.25, 0.3) is 5.91 Å². The van der Waals surface area contributed by atoms with Crippen molar-refractivity contribution in [3.63, 3.8) is 0 Å². The van der Waals surface area contributed by atoms with Gasteiger partial charge in [-0.2, -0.15) is 4.98 Å². The number of ether oxygens (including phenoxy) is 1. The maximum Gasteiger partial charge on any atom is 0.260 e. The Morgan fingerprint density at radius 3 is 2.43 bits per heavy atom. The number of amides is 1. The van der Waals surface area contributed by atoms with Crippen LogP contribution in [0, 0.1) is 6.92 Å². The topological polar surface area (TPSA) is 68.5 Å². The summed E-state index contributed by atoms with van der Waals surface area (Å²) in [5.41, 5.74) is 3.27. The highest BCUT2D eigenvalue weighted by atomic mass is 16.5. The molecule has 0 unspecified atom stereocenters. The summed E-state index contributed by atoms with van der Waals surface area (Å²) in [6.45, 7) is 6.48. The summed E-state index contributed by atoms with van der Waals surface area (Å²) < 4.78 is 10.9. The molecule has 3 rings (SSSR count). The standard InChI is InChI=1S/C22H25N3O3/c1-15(2)17-9-11-19(12-10-17)27-14-21(26)25(4)13-20-23-22(24-28-20)18-7-5-16(3)6-8-18/h5-12,15H,13-14H2,1-4H3. The molecule has 6 nitrogen and oxygen atoms in total. The van der Waals surface area contributed by atoms with Gasteiger partial charge < -0.3 is 14.2 Å². The van der Waals surface area contributed by atoms with E-state index in [-0.39, 0.29) is 19.1 Å². The maximum atomic E-state index is 12.3. The molecule has 146 valence electrons. The Morgan fingerprint density at radius 2 is 1.79 bits per heavy atom. The summed E-state index contributed by atoms with van der Waals surface area (Å²) in [4.78, 5) is 18.2. The molecule has 0 spiro atoms. The van der Waals surface area contributed by atoms with Gasteiger partial charge in [-0.15, -0.1) is 0 Å². The quantitative estimate of drug-likeness (QED) is 0.615. The largest absolute Gasteiger partial charge is 0.484 e. The predicted octanol–water partition coefficient (Wildman–Crippen LogP) is 4.21. The van der Waals surface area contributed by atoms with Gasteiger partial charge in [0.2, 0.25) is 11.7 Å². The molecule has 0 saturated heterocycles. The number of aryl methyl sites for hydroxylation is 1. The molecule has 6 heteroatoms. The van der Waals surface area contributed by atoms with Gasteiger partial charge in [-0.25, -0.2) is 0 Å². The van der Waals surface area contributed by atoms with Crippen molar-refractivity contribution >= 4 is 5.91 Å². The summed E-state index contributed by atoms with van der Waals surface area (Å²) in [5, 5.41) is 3.99. The first-order chi connectivity index (χ1) is 13.4. The normalized spacial score (nSPS) is 10.9. The summed E-state index contributed by atoms with van der Waals surface area (Å²) in [6, 6.07) is 15.7. The van der Waals surface area contributed by atoms with Crippen LogP contribution in [-0.2, 0) is 11.3 Å². The summed E-state index contributed by atoms with van der Waals surface area (Å²) in [7, 11) is 1.68. The van der Waals surface area contributed by atoms with E-state index in [1.807, 2.05) is 55.5 Å². The van der Waals surface area contributed by atoms with Crippen molar-refractivity contribution in [3.05, 3.63) is 65.5 Å². The van der Waals surface area contributed by atoms with E-state index in [0.29, 0.717) is 23.4 Å². The average Bonchev–Trinajstić information content (AvgIpc) is 3.15. The van der Waals surface area contributed by atoms with E-state index in [2.05, 4.69) is 24.0 Å². The second-order valence-electron chi connectivity index (χ2n) is 7.14. The lowest BCUT2D eigenvalue weighted by molar-refractivity contribution is -0.132. The van der Waals surface area contributed by atoms with Crippen LogP contribution in [0.2, 0.25) is 0 Å². The molecule has 28 heavy (non-hydrogen) atoms. The van der Waals surface area contributed by atoms with Crippen LogP contribution in [0.3, 0.4) is 0 Å². The van der Waals surface area contributed by atoms with E-state index >= 15 is 0 Å². The fraction of sp³-hybridized carbons (Fsp3) is 0.318. The van der Waals surface area contributed by atoms with Gasteiger partial charge in [-0.05, 0) is 30.5 Å². The highest BCUT2D eigenvalue weighted by Crippen LogP contribution is 2.19. The Labute approximate surface area is 165 Å². The zero-order valence-corrected chi connectivity index (χ0v) is 16.7. The fourth-order valence-electron chi connectivity index (χ4n) is 2.63. The Bertz CT molecular complexity index is 915. The van der Waals surface area contributed by atoms with Crippen molar-refractivity contribution in [1.82, 2.24) is 15.0 Å². The van der Waals surface area contributed by atoms with Gasteiger partial charge in [0.05, 0.1) is 6.54 Å². The van der Waals surface area contributed by atoms with Crippen LogP contribution in [0.5, 0.6) is 5.75 Å². The van der Waals surface area contributed by atoms with Crippen molar-refractivity contribution in [3.8, 4) is 17.1 Å². The smallest absolute Gasteiger partial charge is 0.260 e. The Balaban J connectivity index is 1.53. The second kappa shape index (κ2) is 8.69. The number of hydrogen-bond donors (Lipinski definition) is 0. The van der Waals surface area contributed by atoms with E-state index < -0.39 is 0 Å². The third kappa shape index (κ3) is 4.97.